The molecule has 0 aliphatic carbocycles. The number of hydrogen-bond acceptors (Lipinski definition) is 4. The molecule has 2 atom stereocenters. The summed E-state index contributed by atoms with van der Waals surface area (Å²) in [4.78, 5) is 7.01. The van der Waals surface area contributed by atoms with Gasteiger partial charge in [-0.1, -0.05) is 49.4 Å². The summed E-state index contributed by atoms with van der Waals surface area (Å²) in [5.41, 5.74) is 3.77. The van der Waals surface area contributed by atoms with Crippen LogP contribution in [0.2, 0.25) is 0 Å². The Morgan fingerprint density at radius 2 is 1.85 bits per heavy atom. The molecule has 0 unspecified atom stereocenters. The molecule has 0 saturated carbocycles. The van der Waals surface area contributed by atoms with Crippen molar-refractivity contribution in [2.75, 3.05) is 23.9 Å². The lowest BCUT2D eigenvalue weighted by molar-refractivity contribution is 0.414. The van der Waals surface area contributed by atoms with Crippen LogP contribution in [0.25, 0.3) is 0 Å². The standard InChI is InChI=1S/C23H25N3O/c1-17(19-7-4-3-5-8-19)21-16-26(22-9-6-14-24-23(22)25-21)15-18-10-12-20(27-2)13-11-18/h3-14,17,21H,15-16H2,1-2H3,(H,24,25)/t17-,21-/m0/s1. The Hall–Kier alpha value is -3.01. The van der Waals surface area contributed by atoms with Gasteiger partial charge in [0, 0.05) is 25.2 Å². The molecule has 1 aliphatic rings. The molecule has 2 heterocycles. The number of pyridine rings is 1. The predicted molar refractivity (Wildman–Crippen MR) is 111 cm³/mol. The number of hydrogen-bond donors (Lipinski definition) is 1. The first-order valence-corrected chi connectivity index (χ1v) is 9.39. The van der Waals surface area contributed by atoms with Crippen molar-refractivity contribution in [1.29, 1.82) is 0 Å². The van der Waals surface area contributed by atoms with Crippen molar-refractivity contribution in [1.82, 2.24) is 4.98 Å². The second kappa shape index (κ2) is 7.70. The van der Waals surface area contributed by atoms with Crippen molar-refractivity contribution in [3.05, 3.63) is 84.1 Å². The van der Waals surface area contributed by atoms with E-state index in [9.17, 15) is 0 Å². The zero-order valence-electron chi connectivity index (χ0n) is 15.8. The zero-order chi connectivity index (χ0) is 18.6. The van der Waals surface area contributed by atoms with Crippen LogP contribution in [-0.4, -0.2) is 24.7 Å². The van der Waals surface area contributed by atoms with Gasteiger partial charge < -0.3 is 15.0 Å². The molecular weight excluding hydrogens is 334 g/mol. The van der Waals surface area contributed by atoms with E-state index in [0.29, 0.717) is 12.0 Å². The van der Waals surface area contributed by atoms with E-state index in [2.05, 4.69) is 70.7 Å². The number of methoxy groups -OCH3 is 1. The summed E-state index contributed by atoms with van der Waals surface area (Å²) in [7, 11) is 1.70. The summed E-state index contributed by atoms with van der Waals surface area (Å²) < 4.78 is 5.28. The van der Waals surface area contributed by atoms with E-state index in [-0.39, 0.29) is 0 Å². The van der Waals surface area contributed by atoms with Crippen molar-refractivity contribution in [3.8, 4) is 5.75 Å². The Kier molecular flexibility index (Phi) is 4.97. The molecular formula is C23H25N3O. The first-order valence-electron chi connectivity index (χ1n) is 9.39. The highest BCUT2D eigenvalue weighted by atomic mass is 16.5. The summed E-state index contributed by atoms with van der Waals surface area (Å²) in [6.45, 7) is 4.07. The number of nitrogens with zero attached hydrogens (tertiary/aromatic N) is 2. The summed E-state index contributed by atoms with van der Waals surface area (Å²) in [5, 5.41) is 3.66. The van der Waals surface area contributed by atoms with E-state index in [1.54, 1.807) is 7.11 Å². The SMILES string of the molecule is COc1ccc(CN2C[C@@H]([C@@H](C)c3ccccc3)Nc3ncccc32)cc1. The molecule has 27 heavy (non-hydrogen) atoms. The highest BCUT2D eigenvalue weighted by Crippen LogP contribution is 2.34. The van der Waals surface area contributed by atoms with Crippen molar-refractivity contribution < 1.29 is 4.74 Å². The fraction of sp³-hybridized carbons (Fsp3) is 0.261. The first-order chi connectivity index (χ1) is 13.2. The molecule has 0 spiro atoms. The third kappa shape index (κ3) is 3.75. The van der Waals surface area contributed by atoms with E-state index in [1.807, 2.05) is 24.4 Å². The molecule has 0 amide bonds. The van der Waals surface area contributed by atoms with Gasteiger partial charge in [-0.3, -0.25) is 0 Å². The van der Waals surface area contributed by atoms with Gasteiger partial charge in [0.25, 0.3) is 0 Å². The average molecular weight is 359 g/mol. The van der Waals surface area contributed by atoms with Crippen molar-refractivity contribution in [2.24, 2.45) is 0 Å². The number of anilines is 2. The van der Waals surface area contributed by atoms with Crippen LogP contribution < -0.4 is 15.0 Å². The van der Waals surface area contributed by atoms with Crippen LogP contribution in [-0.2, 0) is 6.54 Å². The van der Waals surface area contributed by atoms with Gasteiger partial charge in [0.1, 0.15) is 11.6 Å². The van der Waals surface area contributed by atoms with Gasteiger partial charge in [0.2, 0.25) is 0 Å². The molecule has 4 nitrogen and oxygen atoms in total. The third-order valence-corrected chi connectivity index (χ3v) is 5.33. The van der Waals surface area contributed by atoms with E-state index < -0.39 is 0 Å². The molecule has 4 rings (SSSR count). The molecule has 3 aromatic rings. The smallest absolute Gasteiger partial charge is 0.149 e. The first kappa shape index (κ1) is 17.4. The van der Waals surface area contributed by atoms with E-state index >= 15 is 0 Å². The van der Waals surface area contributed by atoms with Crippen LogP contribution in [0.4, 0.5) is 11.5 Å². The fourth-order valence-electron chi connectivity index (χ4n) is 3.69. The van der Waals surface area contributed by atoms with Gasteiger partial charge in [-0.2, -0.15) is 0 Å². The normalized spacial score (nSPS) is 17.0. The maximum absolute atomic E-state index is 5.28. The quantitative estimate of drug-likeness (QED) is 0.717. The molecule has 0 bridgehead atoms. The summed E-state index contributed by atoms with van der Waals surface area (Å²) in [6.07, 6.45) is 1.85. The Balaban J connectivity index is 1.59. The highest BCUT2D eigenvalue weighted by Gasteiger charge is 2.29. The minimum atomic E-state index is 0.299. The number of fused-ring (bicyclic) bond motifs is 1. The topological polar surface area (TPSA) is 37.4 Å². The number of rotatable bonds is 5. The lowest BCUT2D eigenvalue weighted by Crippen LogP contribution is -2.44. The lowest BCUT2D eigenvalue weighted by atomic mass is 9.91. The Morgan fingerprint density at radius 1 is 1.07 bits per heavy atom. The van der Waals surface area contributed by atoms with E-state index in [0.717, 1.165) is 30.3 Å². The van der Waals surface area contributed by atoms with Crippen LogP contribution >= 0.6 is 0 Å². The lowest BCUT2D eigenvalue weighted by Gasteiger charge is -2.39. The van der Waals surface area contributed by atoms with Gasteiger partial charge in [0.05, 0.1) is 18.8 Å². The number of aromatic nitrogens is 1. The van der Waals surface area contributed by atoms with Crippen molar-refractivity contribution in [2.45, 2.75) is 25.4 Å². The number of ether oxygens (including phenoxy) is 1. The van der Waals surface area contributed by atoms with Crippen LogP contribution in [0.1, 0.15) is 24.0 Å². The molecule has 0 saturated heterocycles. The van der Waals surface area contributed by atoms with Gasteiger partial charge >= 0.3 is 0 Å². The molecule has 1 aliphatic heterocycles. The van der Waals surface area contributed by atoms with Crippen molar-refractivity contribution in [3.63, 3.8) is 0 Å². The average Bonchev–Trinajstić information content (AvgIpc) is 2.74. The van der Waals surface area contributed by atoms with Gasteiger partial charge in [-0.05, 0) is 35.4 Å². The second-order valence-corrected chi connectivity index (χ2v) is 7.05. The predicted octanol–water partition coefficient (Wildman–Crippen LogP) is 4.69. The molecule has 4 heteroatoms. The molecule has 0 fully saturated rings. The van der Waals surface area contributed by atoms with Gasteiger partial charge in [-0.25, -0.2) is 4.98 Å². The van der Waals surface area contributed by atoms with E-state index in [1.165, 1.54) is 11.1 Å². The minimum Gasteiger partial charge on any atom is -0.497 e. The Bertz CT molecular complexity index is 880. The van der Waals surface area contributed by atoms with Crippen molar-refractivity contribution >= 4 is 11.5 Å². The second-order valence-electron chi connectivity index (χ2n) is 7.05. The number of benzene rings is 2. The zero-order valence-corrected chi connectivity index (χ0v) is 15.8. The molecule has 1 N–H and O–H groups in total. The van der Waals surface area contributed by atoms with Crippen LogP contribution in [0.15, 0.2) is 72.9 Å². The summed E-state index contributed by atoms with van der Waals surface area (Å²) in [5.74, 6) is 2.24. The largest absolute Gasteiger partial charge is 0.497 e. The fourth-order valence-corrected chi connectivity index (χ4v) is 3.69. The van der Waals surface area contributed by atoms with Crippen LogP contribution in [0.5, 0.6) is 5.75 Å². The summed E-state index contributed by atoms with van der Waals surface area (Å²) in [6, 6.07) is 23.4. The van der Waals surface area contributed by atoms with Gasteiger partial charge in [-0.15, -0.1) is 0 Å². The Morgan fingerprint density at radius 3 is 2.59 bits per heavy atom. The molecule has 1 aromatic heterocycles. The number of nitrogens with one attached hydrogen (secondary N) is 1. The van der Waals surface area contributed by atoms with Crippen LogP contribution in [0, 0.1) is 0 Å². The molecule has 0 radical (unpaired) electrons. The van der Waals surface area contributed by atoms with Crippen LogP contribution in [0.3, 0.4) is 0 Å². The Labute approximate surface area is 160 Å². The minimum absolute atomic E-state index is 0.299. The molecule has 138 valence electrons. The van der Waals surface area contributed by atoms with Gasteiger partial charge in [0.15, 0.2) is 0 Å². The monoisotopic (exact) mass is 359 g/mol. The third-order valence-electron chi connectivity index (χ3n) is 5.33. The maximum Gasteiger partial charge on any atom is 0.149 e. The molecule has 2 aromatic carbocycles. The van der Waals surface area contributed by atoms with E-state index in [4.69, 9.17) is 4.74 Å². The summed E-state index contributed by atoms with van der Waals surface area (Å²) >= 11 is 0. The maximum atomic E-state index is 5.28. The highest BCUT2D eigenvalue weighted by molar-refractivity contribution is 5.69.